The van der Waals surface area contributed by atoms with Gasteiger partial charge in [0.1, 0.15) is 0 Å². The number of allylic oxidation sites excluding steroid dienone is 2. The topological polar surface area (TPSA) is 112 Å². The average Bonchev–Trinajstić information content (AvgIpc) is 2.50. The quantitative estimate of drug-likeness (QED) is 0.205. The van der Waals surface area contributed by atoms with E-state index in [0.29, 0.717) is 6.42 Å². The second-order valence-electron chi connectivity index (χ2n) is 6.89. The van der Waals surface area contributed by atoms with E-state index in [-0.39, 0.29) is 6.54 Å². The van der Waals surface area contributed by atoms with Crippen LogP contribution in [0.1, 0.15) is 64.7 Å². The molecule has 0 aliphatic heterocycles. The van der Waals surface area contributed by atoms with Crippen LogP contribution < -0.4 is 0 Å². The summed E-state index contributed by atoms with van der Waals surface area (Å²) in [5.74, 6) is -3.55. The first-order chi connectivity index (χ1) is 12.3. The monoisotopic (exact) mass is 372 g/mol. The molecule has 26 heavy (non-hydrogen) atoms. The molecule has 0 saturated heterocycles. The Hall–Kier alpha value is -1.89. The maximum absolute atomic E-state index is 11.1. The van der Waals surface area contributed by atoms with Gasteiger partial charge in [0.05, 0.1) is 6.54 Å². The summed E-state index contributed by atoms with van der Waals surface area (Å²) in [7, 11) is 0. The first-order valence-electron chi connectivity index (χ1n) is 9.47. The molecule has 0 atom stereocenters. The lowest BCUT2D eigenvalue weighted by Crippen LogP contribution is -2.57. The van der Waals surface area contributed by atoms with Gasteiger partial charge in [-0.2, -0.15) is 0 Å². The van der Waals surface area contributed by atoms with Crippen LogP contribution in [-0.4, -0.2) is 63.9 Å². The second-order valence-corrected chi connectivity index (χ2v) is 6.89. The van der Waals surface area contributed by atoms with E-state index in [1.807, 2.05) is 0 Å². The molecule has 0 amide bonds. The molecule has 0 radical (unpaired) electrons. The lowest BCUT2D eigenvalue weighted by atomic mass is 10.1. The smallest absolute Gasteiger partial charge is 0.359 e. The first-order valence-corrected chi connectivity index (χ1v) is 9.47. The summed E-state index contributed by atoms with van der Waals surface area (Å²) in [5, 5.41) is 27.1. The predicted molar refractivity (Wildman–Crippen MR) is 99.0 cm³/mol. The van der Waals surface area contributed by atoms with Crippen molar-refractivity contribution < 1.29 is 34.2 Å². The van der Waals surface area contributed by atoms with Gasteiger partial charge in [-0.1, -0.05) is 44.8 Å². The van der Waals surface area contributed by atoms with Crippen molar-refractivity contribution in [2.24, 2.45) is 0 Å². The highest BCUT2D eigenvalue weighted by Gasteiger charge is 2.35. The number of hydrogen-bond donors (Lipinski definition) is 3. The van der Waals surface area contributed by atoms with Crippen molar-refractivity contribution in [2.45, 2.75) is 64.7 Å². The fourth-order valence-electron chi connectivity index (χ4n) is 3.08. The summed E-state index contributed by atoms with van der Waals surface area (Å²) in [6.45, 7) is 0.942. The molecule has 0 aromatic heterocycles. The number of carboxylic acids is 3. The van der Waals surface area contributed by atoms with Crippen molar-refractivity contribution in [1.82, 2.24) is 0 Å². The van der Waals surface area contributed by atoms with Crippen LogP contribution in [0.3, 0.4) is 0 Å². The molecule has 0 saturated carbocycles. The highest BCUT2D eigenvalue weighted by Crippen LogP contribution is 2.12. The molecule has 0 unspecified atom stereocenters. The van der Waals surface area contributed by atoms with Crippen LogP contribution in [-0.2, 0) is 14.4 Å². The standard InChI is InChI=1S/C19H33NO6/c1-2-3-4-5-6-7-8-9-10-11-12-13-20(14-17(21)22,15-18(23)24)16-19(25)26/h8-9H,2-7,10-16H2,1H3,(H2-,21,22,23,24,25,26)/p+1/b9-8+. The molecule has 0 bridgehead atoms. The lowest BCUT2D eigenvalue weighted by Gasteiger charge is -2.34. The lowest BCUT2D eigenvalue weighted by molar-refractivity contribution is -0.907. The van der Waals surface area contributed by atoms with Gasteiger partial charge in [-0.15, -0.1) is 0 Å². The summed E-state index contributed by atoms with van der Waals surface area (Å²) in [4.78, 5) is 33.2. The normalized spacial score (nSPS) is 11.7. The number of nitrogens with zero attached hydrogens (tertiary/aromatic N) is 1. The summed E-state index contributed by atoms with van der Waals surface area (Å²) < 4.78 is -0.457. The number of quaternary nitrogens is 1. The van der Waals surface area contributed by atoms with E-state index in [1.165, 1.54) is 32.1 Å². The average molecular weight is 372 g/mol. The molecule has 0 rings (SSSR count). The Morgan fingerprint density at radius 3 is 1.54 bits per heavy atom. The minimum atomic E-state index is -1.18. The summed E-state index contributed by atoms with van der Waals surface area (Å²) in [6.07, 6.45) is 13.8. The van der Waals surface area contributed by atoms with Gasteiger partial charge in [0.15, 0.2) is 19.6 Å². The predicted octanol–water partition coefficient (Wildman–Crippen LogP) is 3.14. The molecule has 0 fully saturated rings. The fourth-order valence-corrected chi connectivity index (χ4v) is 3.08. The van der Waals surface area contributed by atoms with Gasteiger partial charge >= 0.3 is 17.9 Å². The fraction of sp³-hybridized carbons (Fsp3) is 0.737. The van der Waals surface area contributed by atoms with Crippen LogP contribution in [0.15, 0.2) is 12.2 Å². The Morgan fingerprint density at radius 2 is 1.12 bits per heavy atom. The van der Waals surface area contributed by atoms with Gasteiger partial charge in [0.25, 0.3) is 0 Å². The zero-order valence-electron chi connectivity index (χ0n) is 15.9. The molecular weight excluding hydrogens is 338 g/mol. The second kappa shape index (κ2) is 14.3. The van der Waals surface area contributed by atoms with E-state index in [9.17, 15) is 14.4 Å². The number of aliphatic carboxylic acids is 3. The summed E-state index contributed by atoms with van der Waals surface area (Å²) >= 11 is 0. The summed E-state index contributed by atoms with van der Waals surface area (Å²) in [6, 6.07) is 0. The van der Waals surface area contributed by atoms with Crippen molar-refractivity contribution in [3.63, 3.8) is 0 Å². The van der Waals surface area contributed by atoms with Crippen LogP contribution in [0.25, 0.3) is 0 Å². The van der Waals surface area contributed by atoms with Gasteiger partial charge in [0.2, 0.25) is 0 Å². The first kappa shape index (κ1) is 24.1. The van der Waals surface area contributed by atoms with E-state index < -0.39 is 42.0 Å². The van der Waals surface area contributed by atoms with Gasteiger partial charge in [-0.05, 0) is 32.1 Å². The van der Waals surface area contributed by atoms with E-state index in [2.05, 4.69) is 19.1 Å². The Balaban J connectivity index is 4.28. The van der Waals surface area contributed by atoms with Crippen LogP contribution in [0.2, 0.25) is 0 Å². The Bertz CT molecular complexity index is 420. The third-order valence-electron chi connectivity index (χ3n) is 4.31. The summed E-state index contributed by atoms with van der Waals surface area (Å²) in [5.41, 5.74) is 0. The van der Waals surface area contributed by atoms with Crippen molar-refractivity contribution in [1.29, 1.82) is 0 Å². The van der Waals surface area contributed by atoms with E-state index >= 15 is 0 Å². The third kappa shape index (κ3) is 13.4. The molecule has 3 N–H and O–H groups in total. The highest BCUT2D eigenvalue weighted by molar-refractivity contribution is 5.73. The maximum Gasteiger partial charge on any atom is 0.359 e. The maximum atomic E-state index is 11.1. The van der Waals surface area contributed by atoms with Gasteiger partial charge in [-0.3, -0.25) is 4.48 Å². The minimum absolute atomic E-state index is 0.232. The van der Waals surface area contributed by atoms with Crippen molar-refractivity contribution in [3.05, 3.63) is 12.2 Å². The van der Waals surface area contributed by atoms with E-state index in [4.69, 9.17) is 15.3 Å². The third-order valence-corrected chi connectivity index (χ3v) is 4.31. The van der Waals surface area contributed by atoms with Gasteiger partial charge < -0.3 is 15.3 Å². The molecule has 0 heterocycles. The van der Waals surface area contributed by atoms with Crippen molar-refractivity contribution in [2.75, 3.05) is 26.2 Å². The molecular formula is C19H34NO6+. The SMILES string of the molecule is CCCCCCC/C=C/CCCC[N+](CC(=O)O)(CC(=O)O)CC(=O)O. The largest absolute Gasteiger partial charge is 0.477 e. The molecule has 0 aromatic carbocycles. The number of unbranched alkanes of at least 4 members (excludes halogenated alkanes) is 7. The molecule has 0 spiro atoms. The van der Waals surface area contributed by atoms with E-state index in [1.54, 1.807) is 0 Å². The number of carbonyl (C=O) groups is 3. The number of carboxylic acid groups (broad SMARTS) is 3. The highest BCUT2D eigenvalue weighted by atomic mass is 16.4. The molecule has 7 nitrogen and oxygen atoms in total. The minimum Gasteiger partial charge on any atom is -0.477 e. The zero-order valence-corrected chi connectivity index (χ0v) is 15.9. The number of rotatable bonds is 17. The van der Waals surface area contributed by atoms with E-state index in [0.717, 1.165) is 19.3 Å². The van der Waals surface area contributed by atoms with Crippen LogP contribution in [0, 0.1) is 0 Å². The van der Waals surface area contributed by atoms with Crippen LogP contribution in [0.4, 0.5) is 0 Å². The Kier molecular flexibility index (Phi) is 13.3. The Labute approximate surface area is 155 Å². The Morgan fingerprint density at radius 1 is 0.692 bits per heavy atom. The van der Waals surface area contributed by atoms with Crippen LogP contribution in [0.5, 0.6) is 0 Å². The molecule has 7 heteroatoms. The van der Waals surface area contributed by atoms with Gasteiger partial charge in [0, 0.05) is 0 Å². The molecule has 0 aromatic rings. The van der Waals surface area contributed by atoms with Crippen molar-refractivity contribution >= 4 is 17.9 Å². The zero-order chi connectivity index (χ0) is 19.8. The molecule has 0 aliphatic carbocycles. The van der Waals surface area contributed by atoms with Crippen LogP contribution >= 0.6 is 0 Å². The molecule has 150 valence electrons. The number of hydrogen-bond acceptors (Lipinski definition) is 3. The van der Waals surface area contributed by atoms with Gasteiger partial charge in [-0.25, -0.2) is 14.4 Å². The molecule has 0 aliphatic rings. The van der Waals surface area contributed by atoms with Crippen molar-refractivity contribution in [3.8, 4) is 0 Å².